The lowest BCUT2D eigenvalue weighted by molar-refractivity contribution is 0.150. The summed E-state index contributed by atoms with van der Waals surface area (Å²) in [7, 11) is 3.77. The second-order valence-corrected chi connectivity index (χ2v) is 7.09. The lowest BCUT2D eigenvalue weighted by atomic mass is 10.2. The van der Waals surface area contributed by atoms with Gasteiger partial charge in [0.05, 0.1) is 25.4 Å². The first kappa shape index (κ1) is 27.2. The summed E-state index contributed by atoms with van der Waals surface area (Å²) in [5.41, 5.74) is 2.00. The standard InChI is InChI=1S/C22H35N5O3.HI/c1-6-23-22(25-16-21-26-17(2)18(3)30-21)24-15-19-8-7-9-20(14-19)29-13-11-27(4)10-12-28-5;/h7-9,14H,6,10-13,15-16H2,1-5H3,(H2,23,24,25);1H. The molecule has 0 bridgehead atoms. The minimum absolute atomic E-state index is 0. The maximum absolute atomic E-state index is 5.89. The van der Waals surface area contributed by atoms with Crippen LogP contribution < -0.4 is 15.4 Å². The van der Waals surface area contributed by atoms with Crippen molar-refractivity contribution in [3.63, 3.8) is 0 Å². The Bertz CT molecular complexity index is 778. The van der Waals surface area contributed by atoms with Crippen LogP contribution in [0.3, 0.4) is 0 Å². The average Bonchev–Trinajstić information content (AvgIpc) is 3.06. The number of rotatable bonds is 12. The molecule has 31 heavy (non-hydrogen) atoms. The van der Waals surface area contributed by atoms with E-state index in [9.17, 15) is 0 Å². The molecule has 9 heteroatoms. The van der Waals surface area contributed by atoms with Crippen molar-refractivity contribution in [3.05, 3.63) is 47.2 Å². The van der Waals surface area contributed by atoms with Crippen LogP contribution >= 0.6 is 24.0 Å². The number of benzene rings is 1. The van der Waals surface area contributed by atoms with Gasteiger partial charge in [-0.3, -0.25) is 0 Å². The number of nitrogens with zero attached hydrogens (tertiary/aromatic N) is 3. The summed E-state index contributed by atoms with van der Waals surface area (Å²) in [5, 5.41) is 6.51. The predicted octanol–water partition coefficient (Wildman–Crippen LogP) is 3.12. The first-order valence-electron chi connectivity index (χ1n) is 10.4. The Kier molecular flexibility index (Phi) is 13.2. The highest BCUT2D eigenvalue weighted by Gasteiger charge is 2.06. The van der Waals surface area contributed by atoms with Crippen LogP contribution in [0.15, 0.2) is 33.7 Å². The van der Waals surface area contributed by atoms with Crippen LogP contribution in [-0.2, 0) is 17.8 Å². The van der Waals surface area contributed by atoms with E-state index in [2.05, 4.69) is 32.6 Å². The highest BCUT2D eigenvalue weighted by atomic mass is 127. The Morgan fingerprint density at radius 3 is 2.65 bits per heavy atom. The zero-order chi connectivity index (χ0) is 21.8. The maximum Gasteiger partial charge on any atom is 0.214 e. The van der Waals surface area contributed by atoms with Gasteiger partial charge in [-0.1, -0.05) is 12.1 Å². The molecule has 0 aliphatic carbocycles. The maximum atomic E-state index is 5.89. The summed E-state index contributed by atoms with van der Waals surface area (Å²) in [4.78, 5) is 11.2. The third kappa shape index (κ3) is 10.3. The van der Waals surface area contributed by atoms with Crippen molar-refractivity contribution in [1.82, 2.24) is 20.5 Å². The summed E-state index contributed by atoms with van der Waals surface area (Å²) in [6.45, 7) is 10.8. The molecule has 0 aliphatic heterocycles. The number of hydrogen-bond acceptors (Lipinski definition) is 6. The third-order valence-electron chi connectivity index (χ3n) is 4.56. The predicted molar refractivity (Wildman–Crippen MR) is 134 cm³/mol. The van der Waals surface area contributed by atoms with Gasteiger partial charge in [0.2, 0.25) is 5.89 Å². The molecular weight excluding hydrogens is 509 g/mol. The second-order valence-electron chi connectivity index (χ2n) is 7.09. The Morgan fingerprint density at radius 1 is 1.19 bits per heavy atom. The van der Waals surface area contributed by atoms with E-state index in [1.807, 2.05) is 45.0 Å². The highest BCUT2D eigenvalue weighted by Crippen LogP contribution is 2.14. The number of guanidine groups is 1. The van der Waals surface area contributed by atoms with E-state index in [-0.39, 0.29) is 24.0 Å². The van der Waals surface area contributed by atoms with Crippen LogP contribution in [0.1, 0.15) is 29.8 Å². The third-order valence-corrected chi connectivity index (χ3v) is 4.56. The van der Waals surface area contributed by atoms with Crippen LogP contribution in [-0.4, -0.2) is 62.8 Å². The Morgan fingerprint density at radius 2 is 1.97 bits per heavy atom. The second kappa shape index (κ2) is 15.0. The summed E-state index contributed by atoms with van der Waals surface area (Å²) in [6, 6.07) is 8.04. The molecule has 174 valence electrons. The van der Waals surface area contributed by atoms with E-state index in [1.54, 1.807) is 7.11 Å². The smallest absolute Gasteiger partial charge is 0.214 e. The fourth-order valence-electron chi connectivity index (χ4n) is 2.70. The lowest BCUT2D eigenvalue weighted by Crippen LogP contribution is -2.36. The summed E-state index contributed by atoms with van der Waals surface area (Å²) >= 11 is 0. The number of oxazole rings is 1. The topological polar surface area (TPSA) is 84.2 Å². The molecule has 0 fully saturated rings. The fourth-order valence-corrected chi connectivity index (χ4v) is 2.70. The van der Waals surface area contributed by atoms with Crippen LogP contribution in [0.5, 0.6) is 5.75 Å². The molecule has 0 unspecified atom stereocenters. The number of likely N-dealkylation sites (N-methyl/N-ethyl adjacent to an activating group) is 1. The van der Waals surface area contributed by atoms with Crippen LogP contribution in [0.2, 0.25) is 0 Å². The average molecular weight is 545 g/mol. The quantitative estimate of drug-likeness (QED) is 0.241. The van der Waals surface area contributed by atoms with Gasteiger partial charge in [-0.2, -0.15) is 0 Å². The van der Waals surface area contributed by atoms with Gasteiger partial charge in [-0.25, -0.2) is 9.98 Å². The minimum atomic E-state index is 0. The molecule has 0 radical (unpaired) electrons. The number of halogens is 1. The minimum Gasteiger partial charge on any atom is -0.492 e. The van der Waals surface area contributed by atoms with E-state index >= 15 is 0 Å². The molecule has 1 heterocycles. The van der Waals surface area contributed by atoms with Gasteiger partial charge in [0.1, 0.15) is 18.1 Å². The van der Waals surface area contributed by atoms with Crippen LogP contribution in [0.25, 0.3) is 0 Å². The fraction of sp³-hybridized carbons (Fsp3) is 0.545. The van der Waals surface area contributed by atoms with Crippen molar-refractivity contribution >= 4 is 29.9 Å². The first-order chi connectivity index (χ1) is 14.5. The van der Waals surface area contributed by atoms with Gasteiger partial charge in [-0.05, 0) is 45.5 Å². The summed E-state index contributed by atoms with van der Waals surface area (Å²) < 4.78 is 16.6. The number of methoxy groups -OCH3 is 1. The number of hydrogen-bond donors (Lipinski definition) is 2. The largest absolute Gasteiger partial charge is 0.492 e. The zero-order valence-electron chi connectivity index (χ0n) is 19.2. The van der Waals surface area contributed by atoms with Crippen LogP contribution in [0, 0.1) is 13.8 Å². The monoisotopic (exact) mass is 545 g/mol. The molecule has 0 aliphatic rings. The van der Waals surface area contributed by atoms with E-state index in [0.717, 1.165) is 55.0 Å². The molecule has 0 atom stereocenters. The molecule has 8 nitrogen and oxygen atoms in total. The number of ether oxygens (including phenoxy) is 2. The molecule has 1 aromatic carbocycles. The number of aliphatic imine (C=N–C) groups is 1. The van der Waals surface area contributed by atoms with E-state index in [0.29, 0.717) is 25.6 Å². The molecule has 0 amide bonds. The van der Waals surface area contributed by atoms with Gasteiger partial charge in [0.25, 0.3) is 0 Å². The summed E-state index contributed by atoms with van der Waals surface area (Å²) in [5.74, 6) is 3.07. The molecular formula is C22H36IN5O3. The van der Waals surface area contributed by atoms with Crippen molar-refractivity contribution in [1.29, 1.82) is 0 Å². The van der Waals surface area contributed by atoms with Gasteiger partial charge in [0, 0.05) is 26.7 Å². The lowest BCUT2D eigenvalue weighted by Gasteiger charge is -2.16. The highest BCUT2D eigenvalue weighted by molar-refractivity contribution is 14.0. The first-order valence-corrected chi connectivity index (χ1v) is 10.4. The van der Waals surface area contributed by atoms with Gasteiger partial charge in [0.15, 0.2) is 5.96 Å². The molecule has 1 aromatic heterocycles. The van der Waals surface area contributed by atoms with Crippen molar-refractivity contribution in [3.8, 4) is 5.75 Å². The number of aryl methyl sites for hydroxylation is 2. The normalized spacial score (nSPS) is 11.4. The van der Waals surface area contributed by atoms with E-state index < -0.39 is 0 Å². The molecule has 2 rings (SSSR count). The number of aromatic nitrogens is 1. The Hall–Kier alpha value is -1.85. The summed E-state index contributed by atoms with van der Waals surface area (Å²) in [6.07, 6.45) is 0. The Labute approximate surface area is 202 Å². The molecule has 0 saturated carbocycles. The molecule has 0 spiro atoms. The number of nitrogens with one attached hydrogen (secondary N) is 2. The molecule has 2 aromatic rings. The van der Waals surface area contributed by atoms with Crippen LogP contribution in [0.4, 0.5) is 0 Å². The van der Waals surface area contributed by atoms with E-state index in [4.69, 9.17) is 13.9 Å². The SMILES string of the molecule is CCNC(=NCc1cccc(OCCN(C)CCOC)c1)NCc1nc(C)c(C)o1.I. The Balaban J connectivity index is 0.00000480. The van der Waals surface area contributed by atoms with Crippen molar-refractivity contribution in [2.45, 2.75) is 33.9 Å². The van der Waals surface area contributed by atoms with E-state index in [1.165, 1.54) is 0 Å². The van der Waals surface area contributed by atoms with Crippen molar-refractivity contribution in [2.24, 2.45) is 4.99 Å². The zero-order valence-corrected chi connectivity index (χ0v) is 21.6. The van der Waals surface area contributed by atoms with Crippen molar-refractivity contribution in [2.75, 3.05) is 47.0 Å². The van der Waals surface area contributed by atoms with Gasteiger partial charge in [-0.15, -0.1) is 24.0 Å². The molecule has 0 saturated heterocycles. The van der Waals surface area contributed by atoms with Gasteiger partial charge < -0.3 is 29.4 Å². The molecule has 2 N–H and O–H groups in total. The van der Waals surface area contributed by atoms with Gasteiger partial charge >= 0.3 is 0 Å². The van der Waals surface area contributed by atoms with Crippen molar-refractivity contribution < 1.29 is 13.9 Å².